The molecule has 0 radical (unpaired) electrons. The first kappa shape index (κ1) is 24.5. The number of methoxy groups -OCH3 is 1. The number of oxime groups is 1. The molecule has 3 aromatic carbocycles. The number of rotatable bonds is 7. The van der Waals surface area contributed by atoms with Crippen molar-refractivity contribution >= 4 is 11.9 Å². The molecule has 0 spiro atoms. The van der Waals surface area contributed by atoms with Crippen molar-refractivity contribution in [1.29, 1.82) is 0 Å². The summed E-state index contributed by atoms with van der Waals surface area (Å²) in [6, 6.07) is 27.6. The Morgan fingerprint density at radius 2 is 1.68 bits per heavy atom. The van der Waals surface area contributed by atoms with E-state index in [0.29, 0.717) is 23.2 Å². The Balaban J connectivity index is 1.31. The van der Waals surface area contributed by atoms with Crippen LogP contribution in [0.1, 0.15) is 39.7 Å². The summed E-state index contributed by atoms with van der Waals surface area (Å²) in [6.07, 6.45) is 3.26. The summed E-state index contributed by atoms with van der Waals surface area (Å²) in [7, 11) is 1.65. The van der Waals surface area contributed by atoms with E-state index in [1.54, 1.807) is 24.2 Å². The number of hydrogen-bond donors (Lipinski definition) is 0. The number of para-hydroxylation sites is 1. The van der Waals surface area contributed by atoms with Crippen molar-refractivity contribution in [1.82, 2.24) is 29.4 Å². The van der Waals surface area contributed by atoms with Gasteiger partial charge in [0.1, 0.15) is 12.1 Å². The van der Waals surface area contributed by atoms with Crippen molar-refractivity contribution in [2.24, 2.45) is 5.16 Å². The van der Waals surface area contributed by atoms with Crippen molar-refractivity contribution in [2.45, 2.75) is 19.4 Å². The molecule has 0 amide bonds. The van der Waals surface area contributed by atoms with Crippen molar-refractivity contribution < 1.29 is 14.3 Å². The Morgan fingerprint density at radius 3 is 2.44 bits per heavy atom. The molecule has 202 valence electrons. The molecule has 1 aliphatic rings. The number of benzene rings is 3. The lowest BCUT2D eigenvalue weighted by molar-refractivity contribution is 0.126. The second-order valence-corrected chi connectivity index (χ2v) is 9.54. The molecule has 10 nitrogen and oxygen atoms in total. The molecule has 0 saturated carbocycles. The van der Waals surface area contributed by atoms with Crippen molar-refractivity contribution in [3.05, 3.63) is 125 Å². The third kappa shape index (κ3) is 4.45. The van der Waals surface area contributed by atoms with Crippen molar-refractivity contribution in [3.63, 3.8) is 0 Å². The average molecular weight is 544 g/mol. The fourth-order valence-corrected chi connectivity index (χ4v) is 5.09. The summed E-state index contributed by atoms with van der Waals surface area (Å²) in [5, 5.41) is 13.5. The Morgan fingerprint density at radius 1 is 0.927 bits per heavy atom. The summed E-state index contributed by atoms with van der Waals surface area (Å²) >= 11 is 0. The van der Waals surface area contributed by atoms with E-state index in [1.165, 1.54) is 0 Å². The molecule has 7 rings (SSSR count). The molecule has 0 saturated heterocycles. The summed E-state index contributed by atoms with van der Waals surface area (Å²) in [6.45, 7) is 2.09. The predicted octanol–water partition coefficient (Wildman–Crippen LogP) is 5.46. The highest BCUT2D eigenvalue weighted by molar-refractivity contribution is 5.78. The summed E-state index contributed by atoms with van der Waals surface area (Å²) in [5.74, 6) is 2.05. The van der Waals surface area contributed by atoms with Gasteiger partial charge in [0.2, 0.25) is 11.8 Å². The van der Waals surface area contributed by atoms with Gasteiger partial charge in [0.15, 0.2) is 18.1 Å². The number of aryl methyl sites for hydroxylation is 1. The van der Waals surface area contributed by atoms with Gasteiger partial charge in [-0.3, -0.25) is 0 Å². The van der Waals surface area contributed by atoms with Gasteiger partial charge < -0.3 is 14.3 Å². The number of ether oxygens (including phenoxy) is 2. The smallest absolute Gasteiger partial charge is 0.230 e. The van der Waals surface area contributed by atoms with E-state index in [9.17, 15) is 0 Å². The lowest BCUT2D eigenvalue weighted by Crippen LogP contribution is -2.16. The molecule has 4 heterocycles. The van der Waals surface area contributed by atoms with Crippen LogP contribution in [0.25, 0.3) is 11.3 Å². The first-order valence-corrected chi connectivity index (χ1v) is 13.1. The molecule has 6 aromatic rings. The molecule has 1 aliphatic heterocycles. The van der Waals surface area contributed by atoms with Crippen LogP contribution < -0.4 is 9.47 Å². The highest BCUT2D eigenvalue weighted by Gasteiger charge is 2.38. The first-order chi connectivity index (χ1) is 20.2. The van der Waals surface area contributed by atoms with Crippen LogP contribution in [-0.4, -0.2) is 42.7 Å². The van der Waals surface area contributed by atoms with E-state index in [-0.39, 0.29) is 12.5 Å². The van der Waals surface area contributed by atoms with E-state index in [0.717, 1.165) is 39.4 Å². The second-order valence-electron chi connectivity index (χ2n) is 9.54. The van der Waals surface area contributed by atoms with Crippen LogP contribution in [0.4, 0.5) is 0 Å². The van der Waals surface area contributed by atoms with Gasteiger partial charge in [-0.2, -0.15) is 5.10 Å². The van der Waals surface area contributed by atoms with Crippen LogP contribution in [0.3, 0.4) is 0 Å². The zero-order valence-corrected chi connectivity index (χ0v) is 22.4. The standard InChI is InChI=1S/C31H25N7O3/c1-20-26-27(22-13-15-24(39-2)16-14-22)28-29-34-25(18-40-33-17-21-9-5-3-6-10-21)36-37(29)19-32-30(28)41-31(26)38(35-20)23-11-7-4-8-12-23/h3-17,19,27H,18H2,1-2H3. The normalized spacial score (nSPS) is 14.0. The second kappa shape index (κ2) is 10.2. The minimum atomic E-state index is -0.262. The number of hydrogen-bond acceptors (Lipinski definition) is 8. The van der Waals surface area contributed by atoms with Crippen LogP contribution in [0.15, 0.2) is 96.4 Å². The van der Waals surface area contributed by atoms with Gasteiger partial charge in [0, 0.05) is 0 Å². The maximum absolute atomic E-state index is 6.47. The summed E-state index contributed by atoms with van der Waals surface area (Å²) < 4.78 is 15.4. The molecule has 10 heteroatoms. The highest BCUT2D eigenvalue weighted by Crippen LogP contribution is 2.49. The zero-order chi connectivity index (χ0) is 27.8. The monoisotopic (exact) mass is 543 g/mol. The van der Waals surface area contributed by atoms with Gasteiger partial charge in [-0.05, 0) is 42.3 Å². The van der Waals surface area contributed by atoms with Crippen molar-refractivity contribution in [3.8, 4) is 23.2 Å². The zero-order valence-electron chi connectivity index (χ0n) is 22.4. The van der Waals surface area contributed by atoms with E-state index in [2.05, 4.69) is 15.2 Å². The molecule has 0 N–H and O–H groups in total. The summed E-state index contributed by atoms with van der Waals surface area (Å²) in [4.78, 5) is 15.0. The van der Waals surface area contributed by atoms with E-state index < -0.39 is 0 Å². The Bertz CT molecular complexity index is 1860. The summed E-state index contributed by atoms with van der Waals surface area (Å²) in [5.41, 5.74) is 6.07. The Hall–Kier alpha value is -5.51. The lowest BCUT2D eigenvalue weighted by atomic mass is 9.84. The maximum Gasteiger partial charge on any atom is 0.230 e. The molecular formula is C31H25N7O3. The predicted molar refractivity (Wildman–Crippen MR) is 152 cm³/mol. The van der Waals surface area contributed by atoms with E-state index in [4.69, 9.17) is 24.4 Å². The molecular weight excluding hydrogens is 518 g/mol. The first-order valence-electron chi connectivity index (χ1n) is 13.1. The van der Waals surface area contributed by atoms with Crippen LogP contribution in [0.5, 0.6) is 17.5 Å². The largest absolute Gasteiger partial charge is 0.497 e. The van der Waals surface area contributed by atoms with E-state index >= 15 is 0 Å². The molecule has 0 bridgehead atoms. The number of aromatic nitrogens is 6. The molecule has 0 fully saturated rings. The highest BCUT2D eigenvalue weighted by atomic mass is 16.6. The third-order valence-corrected chi connectivity index (χ3v) is 6.98. The fourth-order valence-electron chi connectivity index (χ4n) is 5.09. The lowest BCUT2D eigenvalue weighted by Gasteiger charge is -2.26. The van der Waals surface area contributed by atoms with Gasteiger partial charge in [-0.1, -0.05) is 65.8 Å². The van der Waals surface area contributed by atoms with Gasteiger partial charge in [-0.25, -0.2) is 19.2 Å². The van der Waals surface area contributed by atoms with Crippen LogP contribution in [0.2, 0.25) is 0 Å². The minimum absolute atomic E-state index is 0.101. The van der Waals surface area contributed by atoms with Gasteiger partial charge >= 0.3 is 0 Å². The van der Waals surface area contributed by atoms with E-state index in [1.807, 2.05) is 96.5 Å². The molecule has 1 atom stereocenters. The average Bonchev–Trinajstić information content (AvgIpc) is 3.60. The minimum Gasteiger partial charge on any atom is -0.497 e. The molecule has 0 aliphatic carbocycles. The van der Waals surface area contributed by atoms with Gasteiger partial charge in [0.25, 0.3) is 0 Å². The maximum atomic E-state index is 6.47. The molecule has 1 unspecified atom stereocenters. The Kier molecular flexibility index (Phi) is 6.12. The van der Waals surface area contributed by atoms with Crippen LogP contribution in [0, 0.1) is 6.92 Å². The number of nitrogens with zero attached hydrogens (tertiary/aromatic N) is 7. The Labute approximate surface area is 235 Å². The molecule has 3 aromatic heterocycles. The quantitative estimate of drug-likeness (QED) is 0.194. The molecule has 41 heavy (non-hydrogen) atoms. The van der Waals surface area contributed by atoms with Crippen molar-refractivity contribution in [2.75, 3.05) is 7.11 Å². The van der Waals surface area contributed by atoms with Gasteiger partial charge in [0.05, 0.1) is 41.8 Å². The topological polar surface area (TPSA) is 101 Å². The SMILES string of the molecule is COc1ccc(C2c3c(C)nn(-c4ccccc4)c3Oc3ncn4nc(CON=Cc5ccccc5)nc4c32)cc1. The third-order valence-electron chi connectivity index (χ3n) is 6.98. The van der Waals surface area contributed by atoms with Crippen LogP contribution >= 0.6 is 0 Å². The fraction of sp³-hybridized carbons (Fsp3) is 0.129. The van der Waals surface area contributed by atoms with Gasteiger partial charge in [-0.15, -0.1) is 5.10 Å². The number of fused-ring (bicyclic) bond motifs is 4. The van der Waals surface area contributed by atoms with Crippen LogP contribution in [-0.2, 0) is 11.4 Å².